The van der Waals surface area contributed by atoms with Crippen LogP contribution in [0.5, 0.6) is 0 Å². The third-order valence-corrected chi connectivity index (χ3v) is 4.69. The summed E-state index contributed by atoms with van der Waals surface area (Å²) >= 11 is 0. The van der Waals surface area contributed by atoms with Crippen LogP contribution in [0.15, 0.2) is 48.5 Å². The van der Waals surface area contributed by atoms with Gasteiger partial charge in [0, 0.05) is 25.5 Å². The fourth-order valence-electron chi connectivity index (χ4n) is 2.07. The van der Waals surface area contributed by atoms with E-state index in [1.54, 1.807) is 12.1 Å². The normalized spacial score (nSPS) is 11.2. The smallest absolute Gasteiger partial charge is 0.239 e. The van der Waals surface area contributed by atoms with Gasteiger partial charge in [0.2, 0.25) is 15.9 Å². The molecule has 2 aromatic rings. The molecule has 134 valence electrons. The summed E-state index contributed by atoms with van der Waals surface area (Å²) in [6.45, 7) is -0.376. The minimum absolute atomic E-state index is 0.321. The topological polar surface area (TPSA) is 78.5 Å². The van der Waals surface area contributed by atoms with Crippen LogP contribution in [0, 0.1) is 5.82 Å². The van der Waals surface area contributed by atoms with Gasteiger partial charge >= 0.3 is 0 Å². The lowest BCUT2D eigenvalue weighted by Gasteiger charge is -2.13. The first-order valence-corrected chi connectivity index (χ1v) is 9.19. The predicted octanol–water partition coefficient (Wildman–Crippen LogP) is 1.95. The van der Waals surface area contributed by atoms with Gasteiger partial charge in [-0.15, -0.1) is 0 Å². The zero-order valence-electron chi connectivity index (χ0n) is 14.0. The summed E-state index contributed by atoms with van der Waals surface area (Å²) in [5.74, 6) is -1.23. The highest BCUT2D eigenvalue weighted by molar-refractivity contribution is 7.88. The summed E-state index contributed by atoms with van der Waals surface area (Å²) in [5.41, 5.74) is 2.00. The van der Waals surface area contributed by atoms with Crippen LogP contribution < -0.4 is 14.9 Å². The second-order valence-corrected chi connectivity index (χ2v) is 7.50. The largest absolute Gasteiger partial charge is 0.378 e. The van der Waals surface area contributed by atoms with Gasteiger partial charge in [0.1, 0.15) is 5.82 Å². The number of hydrogen-bond acceptors (Lipinski definition) is 4. The minimum atomic E-state index is -3.69. The zero-order valence-corrected chi connectivity index (χ0v) is 14.8. The molecule has 0 atom stereocenters. The molecule has 0 aliphatic carbocycles. The molecule has 25 heavy (non-hydrogen) atoms. The van der Waals surface area contributed by atoms with E-state index >= 15 is 0 Å². The summed E-state index contributed by atoms with van der Waals surface area (Å²) in [6, 6.07) is 12.3. The molecule has 0 bridgehead atoms. The molecule has 0 aliphatic heterocycles. The van der Waals surface area contributed by atoms with Gasteiger partial charge < -0.3 is 10.2 Å². The lowest BCUT2D eigenvalue weighted by molar-refractivity contribution is -0.115. The fraction of sp³-hybridized carbons (Fsp3) is 0.235. The molecule has 0 spiro atoms. The Bertz CT molecular complexity index is 819. The molecule has 0 saturated heterocycles. The lowest BCUT2D eigenvalue weighted by atomic mass is 10.2. The first-order valence-electron chi connectivity index (χ1n) is 7.54. The van der Waals surface area contributed by atoms with Crippen molar-refractivity contribution in [3.8, 4) is 0 Å². The Labute approximate surface area is 146 Å². The molecule has 0 aliphatic rings. The average molecular weight is 365 g/mol. The number of halogens is 1. The Morgan fingerprint density at radius 1 is 1.04 bits per heavy atom. The Morgan fingerprint density at radius 2 is 1.64 bits per heavy atom. The summed E-state index contributed by atoms with van der Waals surface area (Å²) in [4.78, 5) is 13.8. The van der Waals surface area contributed by atoms with Crippen LogP contribution in [-0.2, 0) is 20.6 Å². The summed E-state index contributed by atoms with van der Waals surface area (Å²) in [5, 5.41) is 2.62. The van der Waals surface area contributed by atoms with Gasteiger partial charge in [-0.05, 0) is 42.0 Å². The van der Waals surface area contributed by atoms with Crippen molar-refractivity contribution in [2.75, 3.05) is 30.9 Å². The molecule has 8 heteroatoms. The summed E-state index contributed by atoms with van der Waals surface area (Å²) in [6.07, 6.45) is 0. The molecule has 0 saturated carbocycles. The van der Waals surface area contributed by atoms with Crippen LogP contribution in [0.1, 0.15) is 5.56 Å². The molecule has 0 aromatic heterocycles. The second-order valence-electron chi connectivity index (χ2n) is 5.70. The van der Waals surface area contributed by atoms with Crippen molar-refractivity contribution in [1.82, 2.24) is 4.72 Å². The van der Waals surface area contributed by atoms with Gasteiger partial charge in [-0.2, -0.15) is 0 Å². The number of rotatable bonds is 7. The molecular formula is C17H20FN3O3S. The number of amides is 1. The van der Waals surface area contributed by atoms with Crippen molar-refractivity contribution < 1.29 is 17.6 Å². The number of sulfonamides is 1. The predicted molar refractivity (Wildman–Crippen MR) is 96.4 cm³/mol. The van der Waals surface area contributed by atoms with Crippen LogP contribution in [0.3, 0.4) is 0 Å². The molecule has 2 N–H and O–H groups in total. The van der Waals surface area contributed by atoms with Gasteiger partial charge in [-0.1, -0.05) is 12.1 Å². The van der Waals surface area contributed by atoms with Gasteiger partial charge in [-0.25, -0.2) is 17.5 Å². The lowest BCUT2D eigenvalue weighted by Crippen LogP contribution is -2.33. The van der Waals surface area contributed by atoms with E-state index in [-0.39, 0.29) is 12.3 Å². The standard InChI is InChI=1S/C17H20FN3O3S/c1-21(2)16-9-7-15(8-10-16)20-17(22)11-19-25(23,24)12-13-3-5-14(18)6-4-13/h3-10,19H,11-12H2,1-2H3,(H,20,22). The second kappa shape index (κ2) is 8.09. The van der Waals surface area contributed by atoms with E-state index in [1.807, 2.05) is 31.1 Å². The van der Waals surface area contributed by atoms with Gasteiger partial charge in [0.25, 0.3) is 0 Å². The first kappa shape index (κ1) is 18.9. The fourth-order valence-corrected chi connectivity index (χ4v) is 3.16. The average Bonchev–Trinajstić information content (AvgIpc) is 2.56. The van der Waals surface area contributed by atoms with Crippen LogP contribution in [0.2, 0.25) is 0 Å². The van der Waals surface area contributed by atoms with Crippen molar-refractivity contribution in [3.63, 3.8) is 0 Å². The molecule has 0 fully saturated rings. The minimum Gasteiger partial charge on any atom is -0.378 e. The number of carbonyl (C=O) groups excluding carboxylic acids is 1. The van der Waals surface area contributed by atoms with Crippen molar-refractivity contribution >= 4 is 27.3 Å². The van der Waals surface area contributed by atoms with E-state index < -0.39 is 21.7 Å². The molecule has 2 rings (SSSR count). The molecule has 2 aromatic carbocycles. The van der Waals surface area contributed by atoms with Crippen LogP contribution in [0.25, 0.3) is 0 Å². The highest BCUT2D eigenvalue weighted by Crippen LogP contribution is 2.15. The molecule has 6 nitrogen and oxygen atoms in total. The number of anilines is 2. The summed E-state index contributed by atoms with van der Waals surface area (Å²) < 4.78 is 39.0. The molecule has 0 radical (unpaired) electrons. The maximum atomic E-state index is 12.8. The third-order valence-electron chi connectivity index (χ3n) is 3.39. The van der Waals surface area contributed by atoms with E-state index in [9.17, 15) is 17.6 Å². The number of nitrogens with zero attached hydrogens (tertiary/aromatic N) is 1. The van der Waals surface area contributed by atoms with Crippen LogP contribution in [-0.4, -0.2) is 35.0 Å². The van der Waals surface area contributed by atoms with Crippen LogP contribution in [0.4, 0.5) is 15.8 Å². The van der Waals surface area contributed by atoms with E-state index in [4.69, 9.17) is 0 Å². The molecular weight excluding hydrogens is 345 g/mol. The van der Waals surface area contributed by atoms with E-state index in [0.717, 1.165) is 5.69 Å². The highest BCUT2D eigenvalue weighted by Gasteiger charge is 2.13. The number of nitrogens with one attached hydrogen (secondary N) is 2. The Balaban J connectivity index is 1.86. The first-order chi connectivity index (χ1) is 11.7. The Morgan fingerprint density at radius 3 is 2.20 bits per heavy atom. The van der Waals surface area contributed by atoms with Crippen LogP contribution >= 0.6 is 0 Å². The Hall–Kier alpha value is -2.45. The zero-order chi connectivity index (χ0) is 18.4. The van der Waals surface area contributed by atoms with Gasteiger partial charge in [0.15, 0.2) is 0 Å². The summed E-state index contributed by atoms with van der Waals surface area (Å²) in [7, 11) is 0.120. The maximum Gasteiger partial charge on any atom is 0.239 e. The van der Waals surface area contributed by atoms with E-state index in [2.05, 4.69) is 10.0 Å². The van der Waals surface area contributed by atoms with Gasteiger partial charge in [0.05, 0.1) is 12.3 Å². The highest BCUT2D eigenvalue weighted by atomic mass is 32.2. The number of benzene rings is 2. The third kappa shape index (κ3) is 6.17. The van der Waals surface area contributed by atoms with Crippen molar-refractivity contribution in [3.05, 3.63) is 59.9 Å². The monoisotopic (exact) mass is 365 g/mol. The molecule has 1 amide bonds. The number of carbonyl (C=O) groups is 1. The maximum absolute atomic E-state index is 12.8. The van der Waals surface area contributed by atoms with E-state index in [1.165, 1.54) is 24.3 Å². The van der Waals surface area contributed by atoms with E-state index in [0.29, 0.717) is 11.3 Å². The van der Waals surface area contributed by atoms with Crippen molar-refractivity contribution in [2.24, 2.45) is 0 Å². The SMILES string of the molecule is CN(C)c1ccc(NC(=O)CNS(=O)(=O)Cc2ccc(F)cc2)cc1. The van der Waals surface area contributed by atoms with Gasteiger partial charge in [-0.3, -0.25) is 4.79 Å². The Kier molecular flexibility index (Phi) is 6.11. The quantitative estimate of drug-likeness (QED) is 0.786. The van der Waals surface area contributed by atoms with Crippen molar-refractivity contribution in [1.29, 1.82) is 0 Å². The van der Waals surface area contributed by atoms with Crippen molar-refractivity contribution in [2.45, 2.75) is 5.75 Å². The molecule has 0 heterocycles. The number of hydrogen-bond donors (Lipinski definition) is 2. The molecule has 0 unspecified atom stereocenters.